The van der Waals surface area contributed by atoms with Gasteiger partial charge in [-0.1, -0.05) is 176 Å². The summed E-state index contributed by atoms with van der Waals surface area (Å²) in [6, 6.07) is 66.5. The van der Waals surface area contributed by atoms with Crippen molar-refractivity contribution in [3.63, 3.8) is 0 Å². The molecule has 9 aromatic rings. The average molecular weight is 583 g/mol. The zero-order valence-electron chi connectivity index (χ0n) is 25.3. The minimum absolute atomic E-state index is 1.22. The molecule has 0 radical (unpaired) electrons. The van der Waals surface area contributed by atoms with Crippen LogP contribution in [0.1, 0.15) is 0 Å². The minimum atomic E-state index is 1.22. The molecule has 0 saturated carbocycles. The molecule has 0 bridgehead atoms. The topological polar surface area (TPSA) is 0 Å². The van der Waals surface area contributed by atoms with Gasteiger partial charge in [-0.2, -0.15) is 0 Å². The molecule has 9 aromatic carbocycles. The molecular weight excluding hydrogens is 553 g/mol. The van der Waals surface area contributed by atoms with Gasteiger partial charge in [0, 0.05) is 0 Å². The second kappa shape index (κ2) is 10.9. The Kier molecular flexibility index (Phi) is 6.25. The molecule has 0 atom stereocenters. The van der Waals surface area contributed by atoms with Crippen LogP contribution < -0.4 is 0 Å². The fraction of sp³-hybridized carbons (Fsp3) is 0. The van der Waals surface area contributed by atoms with Crippen molar-refractivity contribution in [2.24, 2.45) is 0 Å². The summed E-state index contributed by atoms with van der Waals surface area (Å²) in [5, 5.41) is 10.1. The lowest BCUT2D eigenvalue weighted by Gasteiger charge is -2.19. The Labute approximate surface area is 268 Å². The van der Waals surface area contributed by atoms with Gasteiger partial charge in [-0.15, -0.1) is 0 Å². The second-order valence-electron chi connectivity index (χ2n) is 12.0. The van der Waals surface area contributed by atoms with E-state index in [1.807, 2.05) is 0 Å². The van der Waals surface area contributed by atoms with E-state index in [0.29, 0.717) is 0 Å². The van der Waals surface area contributed by atoms with Crippen molar-refractivity contribution in [2.45, 2.75) is 0 Å². The SMILES string of the molecule is c1ccc(-c2c3ccccc3c(-c3cccc4ccc(-c5ccccc5-c5cccc6ccccc56)cc34)c3ccccc23)cc1. The van der Waals surface area contributed by atoms with E-state index in [-0.39, 0.29) is 0 Å². The molecule has 0 aliphatic rings. The van der Waals surface area contributed by atoms with Crippen molar-refractivity contribution < 1.29 is 0 Å². The Balaban J connectivity index is 1.32. The summed E-state index contributed by atoms with van der Waals surface area (Å²) in [4.78, 5) is 0. The van der Waals surface area contributed by atoms with Gasteiger partial charge in [0.2, 0.25) is 0 Å². The van der Waals surface area contributed by atoms with E-state index in [4.69, 9.17) is 0 Å². The van der Waals surface area contributed by atoms with Crippen LogP contribution in [0.25, 0.3) is 87.6 Å². The van der Waals surface area contributed by atoms with Crippen LogP contribution in [0, 0.1) is 0 Å². The van der Waals surface area contributed by atoms with E-state index in [2.05, 4.69) is 182 Å². The molecule has 0 saturated heterocycles. The lowest BCUT2D eigenvalue weighted by molar-refractivity contribution is 1.61. The predicted molar refractivity (Wildman–Crippen MR) is 198 cm³/mol. The van der Waals surface area contributed by atoms with Crippen LogP contribution in [-0.4, -0.2) is 0 Å². The van der Waals surface area contributed by atoms with Gasteiger partial charge < -0.3 is 0 Å². The summed E-state index contributed by atoms with van der Waals surface area (Å²) in [6.45, 7) is 0. The van der Waals surface area contributed by atoms with E-state index < -0.39 is 0 Å². The minimum Gasteiger partial charge on any atom is -0.0622 e. The fourth-order valence-electron chi connectivity index (χ4n) is 7.42. The van der Waals surface area contributed by atoms with E-state index in [1.165, 1.54) is 87.6 Å². The summed E-state index contributed by atoms with van der Waals surface area (Å²) >= 11 is 0. The van der Waals surface area contributed by atoms with Crippen molar-refractivity contribution >= 4 is 43.1 Å². The highest BCUT2D eigenvalue weighted by atomic mass is 14.2. The Hall–Kier alpha value is -5.98. The van der Waals surface area contributed by atoms with Gasteiger partial charge in [0.25, 0.3) is 0 Å². The normalized spacial score (nSPS) is 11.5. The van der Waals surface area contributed by atoms with Gasteiger partial charge in [-0.25, -0.2) is 0 Å². The molecular formula is C46H30. The summed E-state index contributed by atoms with van der Waals surface area (Å²) in [5.41, 5.74) is 10.1. The smallest absolute Gasteiger partial charge is 0.00201 e. The second-order valence-corrected chi connectivity index (χ2v) is 12.0. The molecule has 0 aromatic heterocycles. The molecule has 0 amide bonds. The third-order valence-corrected chi connectivity index (χ3v) is 9.46. The molecule has 0 heteroatoms. The molecule has 0 nitrogen and oxygen atoms in total. The first-order chi connectivity index (χ1) is 22.8. The molecule has 0 spiro atoms. The summed E-state index contributed by atoms with van der Waals surface area (Å²) in [6.07, 6.45) is 0. The van der Waals surface area contributed by atoms with Crippen molar-refractivity contribution in [1.82, 2.24) is 0 Å². The van der Waals surface area contributed by atoms with Crippen molar-refractivity contribution in [3.05, 3.63) is 182 Å². The van der Waals surface area contributed by atoms with E-state index in [0.717, 1.165) is 0 Å². The summed E-state index contributed by atoms with van der Waals surface area (Å²) in [7, 11) is 0. The zero-order valence-corrected chi connectivity index (χ0v) is 25.3. The largest absolute Gasteiger partial charge is 0.0622 e. The maximum Gasteiger partial charge on any atom is -0.00201 e. The number of hydrogen-bond donors (Lipinski definition) is 0. The van der Waals surface area contributed by atoms with Crippen molar-refractivity contribution in [3.8, 4) is 44.5 Å². The molecule has 0 N–H and O–H groups in total. The van der Waals surface area contributed by atoms with Crippen LogP contribution in [0.4, 0.5) is 0 Å². The predicted octanol–water partition coefficient (Wildman–Crippen LogP) is 13.0. The first-order valence-electron chi connectivity index (χ1n) is 15.9. The first kappa shape index (κ1) is 26.4. The molecule has 0 heterocycles. The van der Waals surface area contributed by atoms with Gasteiger partial charge in [0.05, 0.1) is 0 Å². The Morgan fingerprint density at radius 1 is 0.217 bits per heavy atom. The third kappa shape index (κ3) is 4.23. The highest BCUT2D eigenvalue weighted by Crippen LogP contribution is 2.46. The van der Waals surface area contributed by atoms with Crippen LogP contribution in [0.15, 0.2) is 182 Å². The highest BCUT2D eigenvalue weighted by Gasteiger charge is 2.18. The quantitative estimate of drug-likeness (QED) is 0.181. The van der Waals surface area contributed by atoms with Crippen LogP contribution >= 0.6 is 0 Å². The van der Waals surface area contributed by atoms with Gasteiger partial charge in [0.15, 0.2) is 0 Å². The Bertz CT molecular complexity index is 2510. The fourth-order valence-corrected chi connectivity index (χ4v) is 7.42. The molecule has 0 fully saturated rings. The molecule has 0 unspecified atom stereocenters. The Morgan fingerprint density at radius 3 is 1.39 bits per heavy atom. The number of benzene rings is 9. The highest BCUT2D eigenvalue weighted by molar-refractivity contribution is 6.23. The monoisotopic (exact) mass is 582 g/mol. The number of hydrogen-bond acceptors (Lipinski definition) is 0. The molecule has 0 aliphatic carbocycles. The summed E-state index contributed by atoms with van der Waals surface area (Å²) < 4.78 is 0. The maximum atomic E-state index is 2.41. The van der Waals surface area contributed by atoms with Crippen LogP contribution in [0.5, 0.6) is 0 Å². The van der Waals surface area contributed by atoms with Crippen LogP contribution in [-0.2, 0) is 0 Å². The maximum absolute atomic E-state index is 2.41. The third-order valence-electron chi connectivity index (χ3n) is 9.46. The average Bonchev–Trinajstić information content (AvgIpc) is 3.13. The molecule has 0 aliphatic heterocycles. The van der Waals surface area contributed by atoms with Crippen molar-refractivity contribution in [2.75, 3.05) is 0 Å². The molecule has 46 heavy (non-hydrogen) atoms. The lowest BCUT2D eigenvalue weighted by atomic mass is 9.84. The van der Waals surface area contributed by atoms with Gasteiger partial charge in [-0.3, -0.25) is 0 Å². The standard InChI is InChI=1S/C46H30/c1-2-15-33(16-3-1)45-39-22-8-10-24-41(39)46(42-25-11-9-23-40(42)45)43-27-13-18-32-28-29-34(30-44(32)43)36-20-6-7-21-37(36)38-26-12-17-31-14-4-5-19-35(31)38/h1-30H. The van der Waals surface area contributed by atoms with E-state index in [1.54, 1.807) is 0 Å². The van der Waals surface area contributed by atoms with E-state index in [9.17, 15) is 0 Å². The van der Waals surface area contributed by atoms with E-state index >= 15 is 0 Å². The molecule has 9 rings (SSSR count). The van der Waals surface area contributed by atoms with Gasteiger partial charge >= 0.3 is 0 Å². The zero-order chi connectivity index (χ0) is 30.5. The number of fused-ring (bicyclic) bond motifs is 4. The number of rotatable bonds is 4. The van der Waals surface area contributed by atoms with Crippen LogP contribution in [0.2, 0.25) is 0 Å². The van der Waals surface area contributed by atoms with Gasteiger partial charge in [-0.05, 0) is 93.7 Å². The first-order valence-corrected chi connectivity index (χ1v) is 15.9. The summed E-state index contributed by atoms with van der Waals surface area (Å²) in [5.74, 6) is 0. The molecule has 214 valence electrons. The van der Waals surface area contributed by atoms with Crippen molar-refractivity contribution in [1.29, 1.82) is 0 Å². The Morgan fingerprint density at radius 2 is 0.696 bits per heavy atom. The van der Waals surface area contributed by atoms with Gasteiger partial charge in [0.1, 0.15) is 0 Å². The lowest BCUT2D eigenvalue weighted by Crippen LogP contribution is -1.92. The van der Waals surface area contributed by atoms with Crippen LogP contribution in [0.3, 0.4) is 0 Å².